The molecule has 0 radical (unpaired) electrons. The van der Waals surface area contributed by atoms with E-state index in [1.807, 2.05) is 61.5 Å². The van der Waals surface area contributed by atoms with E-state index in [2.05, 4.69) is 15.6 Å². The second kappa shape index (κ2) is 11.2. The molecule has 1 aromatic heterocycles. The number of aryl methyl sites for hydroxylation is 1. The third-order valence-electron chi connectivity index (χ3n) is 4.99. The smallest absolute Gasteiger partial charge is 0.241 e. The summed E-state index contributed by atoms with van der Waals surface area (Å²) in [6, 6.07) is 17.2. The second-order valence-corrected chi connectivity index (χ2v) is 10.9. The van der Waals surface area contributed by atoms with Crippen molar-refractivity contribution in [2.75, 3.05) is 16.8 Å². The molecule has 0 saturated heterocycles. The van der Waals surface area contributed by atoms with Gasteiger partial charge in [-0.25, -0.2) is 13.4 Å². The lowest BCUT2D eigenvalue weighted by molar-refractivity contribution is -0.119. The fourth-order valence-electron chi connectivity index (χ4n) is 3.36. The van der Waals surface area contributed by atoms with Gasteiger partial charge in [0.1, 0.15) is 5.75 Å². The summed E-state index contributed by atoms with van der Waals surface area (Å²) < 4.78 is 24.6. The number of aromatic nitrogens is 1. The van der Waals surface area contributed by atoms with E-state index in [0.29, 0.717) is 23.7 Å². The maximum Gasteiger partial charge on any atom is 0.241 e. The lowest BCUT2D eigenvalue weighted by Gasteiger charge is -2.13. The van der Waals surface area contributed by atoms with E-state index < -0.39 is 21.5 Å². The fraction of sp³-hybridized carbons (Fsp3) is 0.292. The lowest BCUT2D eigenvalue weighted by Crippen LogP contribution is -2.24. The Labute approximate surface area is 198 Å². The molecular weight excluding hydrogens is 458 g/mol. The Balaban J connectivity index is 1.52. The molecule has 0 bridgehead atoms. The van der Waals surface area contributed by atoms with Gasteiger partial charge in [-0.2, -0.15) is 0 Å². The summed E-state index contributed by atoms with van der Waals surface area (Å²) >= 11 is 1.24. The number of rotatable bonds is 10. The van der Waals surface area contributed by atoms with Gasteiger partial charge in [0.05, 0.1) is 17.5 Å². The molecule has 1 heterocycles. The molecule has 1 atom stereocenters. The van der Waals surface area contributed by atoms with Crippen LogP contribution in [-0.4, -0.2) is 36.7 Å². The van der Waals surface area contributed by atoms with Crippen LogP contribution in [0.4, 0.5) is 5.13 Å². The zero-order chi connectivity index (χ0) is 23.8. The molecule has 0 fully saturated rings. The molecule has 174 valence electrons. The first-order valence-electron chi connectivity index (χ1n) is 10.6. The van der Waals surface area contributed by atoms with Crippen molar-refractivity contribution in [3.63, 3.8) is 0 Å². The van der Waals surface area contributed by atoms with Gasteiger partial charge in [0.2, 0.25) is 11.8 Å². The van der Waals surface area contributed by atoms with Gasteiger partial charge in [0.25, 0.3) is 0 Å². The van der Waals surface area contributed by atoms with Gasteiger partial charge >= 0.3 is 0 Å². The van der Waals surface area contributed by atoms with Crippen LogP contribution in [0, 0.1) is 0 Å². The first-order chi connectivity index (χ1) is 15.7. The number of carbonyl (C=O) groups is 2. The van der Waals surface area contributed by atoms with E-state index >= 15 is 0 Å². The monoisotopic (exact) mass is 485 g/mol. The van der Waals surface area contributed by atoms with Gasteiger partial charge < -0.3 is 10.6 Å². The third kappa shape index (κ3) is 7.80. The Morgan fingerprint density at radius 3 is 2.42 bits per heavy atom. The van der Waals surface area contributed by atoms with Crippen LogP contribution >= 0.6 is 11.3 Å². The van der Waals surface area contributed by atoms with Crippen LogP contribution in [-0.2, 0) is 25.8 Å². The summed E-state index contributed by atoms with van der Waals surface area (Å²) in [5, 5.41) is 7.58. The maximum atomic E-state index is 12.3. The topological polar surface area (TPSA) is 105 Å². The molecule has 0 saturated carbocycles. The maximum absolute atomic E-state index is 12.3. The Morgan fingerprint density at radius 2 is 1.76 bits per heavy atom. The van der Waals surface area contributed by atoms with Gasteiger partial charge in [0, 0.05) is 17.9 Å². The SMILES string of the molecule is CC(=O)NC(C)c1ccc(-c2csc(NC(=O)CS(=O)(=O)CCCc3ccccc3)n2)cc1. The van der Waals surface area contributed by atoms with Crippen molar-refractivity contribution in [3.05, 3.63) is 71.1 Å². The Hall–Kier alpha value is -3.04. The van der Waals surface area contributed by atoms with Gasteiger partial charge in [-0.15, -0.1) is 11.3 Å². The molecule has 0 aliphatic heterocycles. The number of hydrogen-bond donors (Lipinski definition) is 2. The number of amides is 2. The molecule has 33 heavy (non-hydrogen) atoms. The zero-order valence-electron chi connectivity index (χ0n) is 18.6. The lowest BCUT2D eigenvalue weighted by atomic mass is 10.1. The van der Waals surface area contributed by atoms with Crippen molar-refractivity contribution in [1.29, 1.82) is 0 Å². The fourth-order valence-corrected chi connectivity index (χ4v) is 5.30. The highest BCUT2D eigenvalue weighted by Gasteiger charge is 2.18. The van der Waals surface area contributed by atoms with E-state index in [9.17, 15) is 18.0 Å². The quantitative estimate of drug-likeness (QED) is 0.452. The molecule has 0 spiro atoms. The highest BCUT2D eigenvalue weighted by Crippen LogP contribution is 2.26. The molecule has 9 heteroatoms. The first kappa shape index (κ1) is 24.6. The van der Waals surface area contributed by atoms with E-state index in [1.54, 1.807) is 5.38 Å². The summed E-state index contributed by atoms with van der Waals surface area (Å²) in [4.78, 5) is 27.9. The van der Waals surface area contributed by atoms with Crippen molar-refractivity contribution in [1.82, 2.24) is 10.3 Å². The third-order valence-corrected chi connectivity index (χ3v) is 7.36. The van der Waals surface area contributed by atoms with Gasteiger partial charge in [-0.3, -0.25) is 9.59 Å². The highest BCUT2D eigenvalue weighted by molar-refractivity contribution is 7.92. The van der Waals surface area contributed by atoms with Crippen molar-refractivity contribution >= 4 is 38.1 Å². The van der Waals surface area contributed by atoms with Crippen LogP contribution in [0.5, 0.6) is 0 Å². The van der Waals surface area contributed by atoms with E-state index in [1.165, 1.54) is 18.3 Å². The number of nitrogens with zero attached hydrogens (tertiary/aromatic N) is 1. The van der Waals surface area contributed by atoms with Crippen LogP contribution in [0.25, 0.3) is 11.3 Å². The summed E-state index contributed by atoms with van der Waals surface area (Å²) in [6.45, 7) is 3.38. The van der Waals surface area contributed by atoms with Crippen LogP contribution < -0.4 is 10.6 Å². The molecule has 3 rings (SSSR count). The predicted molar refractivity (Wildman–Crippen MR) is 132 cm³/mol. The summed E-state index contributed by atoms with van der Waals surface area (Å²) in [7, 11) is -3.50. The summed E-state index contributed by atoms with van der Waals surface area (Å²) in [5.74, 6) is -1.28. The molecule has 1 unspecified atom stereocenters. The number of anilines is 1. The molecule has 2 amide bonds. The molecule has 7 nitrogen and oxygen atoms in total. The Kier molecular flexibility index (Phi) is 8.35. The molecule has 2 N–H and O–H groups in total. The standard InChI is InChI=1S/C24H27N3O4S2/c1-17(25-18(2)28)20-10-12-21(13-11-20)22-15-32-24(26-22)27-23(29)16-33(30,31)14-6-9-19-7-4-3-5-8-19/h3-5,7-8,10-13,15,17H,6,9,14,16H2,1-2H3,(H,25,28)(H,26,27,29). The molecule has 3 aromatic rings. The van der Waals surface area contributed by atoms with E-state index in [0.717, 1.165) is 16.7 Å². The minimum atomic E-state index is -3.50. The Morgan fingerprint density at radius 1 is 1.06 bits per heavy atom. The minimum Gasteiger partial charge on any atom is -0.350 e. The van der Waals surface area contributed by atoms with Crippen molar-refractivity contribution in [3.8, 4) is 11.3 Å². The van der Waals surface area contributed by atoms with Crippen molar-refractivity contribution in [2.24, 2.45) is 0 Å². The van der Waals surface area contributed by atoms with Gasteiger partial charge in [0.15, 0.2) is 15.0 Å². The summed E-state index contributed by atoms with van der Waals surface area (Å²) in [5.41, 5.74) is 3.58. The average molecular weight is 486 g/mol. The number of carbonyl (C=O) groups excluding carboxylic acids is 2. The highest BCUT2D eigenvalue weighted by atomic mass is 32.2. The zero-order valence-corrected chi connectivity index (χ0v) is 20.2. The number of benzene rings is 2. The summed E-state index contributed by atoms with van der Waals surface area (Å²) in [6.07, 6.45) is 1.12. The Bertz CT molecular complexity index is 1190. The number of nitrogens with one attached hydrogen (secondary N) is 2. The normalized spacial score (nSPS) is 12.2. The van der Waals surface area contributed by atoms with Gasteiger partial charge in [-0.1, -0.05) is 54.6 Å². The minimum absolute atomic E-state index is 0.0400. The average Bonchev–Trinajstić information content (AvgIpc) is 3.22. The predicted octanol–water partition coefficient (Wildman–Crippen LogP) is 3.99. The van der Waals surface area contributed by atoms with Crippen LogP contribution in [0.3, 0.4) is 0 Å². The van der Waals surface area contributed by atoms with E-state index in [-0.39, 0.29) is 17.7 Å². The molecule has 0 aliphatic rings. The largest absolute Gasteiger partial charge is 0.350 e. The number of thiazole rings is 1. The van der Waals surface area contributed by atoms with Crippen molar-refractivity contribution in [2.45, 2.75) is 32.7 Å². The van der Waals surface area contributed by atoms with Crippen LogP contribution in [0.2, 0.25) is 0 Å². The van der Waals surface area contributed by atoms with Crippen LogP contribution in [0.15, 0.2) is 60.0 Å². The molecular formula is C24H27N3O4S2. The number of sulfone groups is 1. The first-order valence-corrected chi connectivity index (χ1v) is 13.3. The van der Waals surface area contributed by atoms with Crippen LogP contribution in [0.1, 0.15) is 37.4 Å². The molecule has 0 aliphatic carbocycles. The second-order valence-electron chi connectivity index (χ2n) is 7.81. The number of hydrogen-bond acceptors (Lipinski definition) is 6. The van der Waals surface area contributed by atoms with Crippen molar-refractivity contribution < 1.29 is 18.0 Å². The van der Waals surface area contributed by atoms with E-state index in [4.69, 9.17) is 0 Å². The molecule has 2 aromatic carbocycles. The van der Waals surface area contributed by atoms with Gasteiger partial charge in [-0.05, 0) is 30.9 Å².